The first-order valence-electron chi connectivity index (χ1n) is 5.22. The predicted molar refractivity (Wildman–Crippen MR) is 59.5 cm³/mol. The van der Waals surface area contributed by atoms with Gasteiger partial charge in [-0.15, -0.1) is 11.3 Å². The number of thiophene rings is 1. The Hall–Kier alpha value is -0.380. The van der Waals surface area contributed by atoms with Crippen LogP contribution in [0.2, 0.25) is 0 Å². The molecule has 0 bridgehead atoms. The Bertz CT molecular complexity index is 300. The number of aliphatic hydroxyl groups is 1. The summed E-state index contributed by atoms with van der Waals surface area (Å²) in [5.74, 6) is 0.161. The molecule has 0 aliphatic heterocycles. The lowest BCUT2D eigenvalue weighted by molar-refractivity contribution is 0.125. The van der Waals surface area contributed by atoms with E-state index in [9.17, 15) is 5.11 Å². The maximum absolute atomic E-state index is 9.98. The molecule has 0 aromatic carbocycles. The first-order chi connectivity index (χ1) is 6.72. The van der Waals surface area contributed by atoms with Crippen molar-refractivity contribution in [3.63, 3.8) is 0 Å². The lowest BCUT2D eigenvalue weighted by Gasteiger charge is -2.15. The van der Waals surface area contributed by atoms with E-state index in [-0.39, 0.29) is 12.0 Å². The van der Waals surface area contributed by atoms with Crippen LogP contribution in [-0.4, -0.2) is 11.7 Å². The summed E-state index contributed by atoms with van der Waals surface area (Å²) in [5.41, 5.74) is 7.00. The third-order valence-electron chi connectivity index (χ3n) is 2.97. The van der Waals surface area contributed by atoms with Gasteiger partial charge in [0.15, 0.2) is 0 Å². The summed E-state index contributed by atoms with van der Waals surface area (Å²) in [7, 11) is 0. The molecule has 1 aliphatic carbocycles. The summed E-state index contributed by atoms with van der Waals surface area (Å²) < 4.78 is 0. The van der Waals surface area contributed by atoms with Crippen LogP contribution in [0.15, 0.2) is 6.07 Å². The first kappa shape index (κ1) is 10.1. The highest BCUT2D eigenvalue weighted by molar-refractivity contribution is 7.12. The quantitative estimate of drug-likeness (QED) is 0.801. The minimum Gasteiger partial charge on any atom is -0.387 e. The average molecular weight is 211 g/mol. The molecule has 1 aromatic rings. The smallest absolute Gasteiger partial charge is 0.0919 e. The average Bonchev–Trinajstić information content (AvgIpc) is 2.74. The van der Waals surface area contributed by atoms with Crippen LogP contribution in [0.4, 0.5) is 0 Å². The number of hydrogen-bond acceptors (Lipinski definition) is 3. The molecule has 0 amide bonds. The molecule has 3 heteroatoms. The second kappa shape index (κ2) is 4.01. The normalized spacial score (nSPS) is 19.4. The van der Waals surface area contributed by atoms with Crippen LogP contribution in [0.5, 0.6) is 0 Å². The number of aliphatic hydroxyl groups excluding tert-OH is 1. The molecule has 1 aromatic heterocycles. The highest BCUT2D eigenvalue weighted by Gasteiger charge is 2.21. The second-order valence-electron chi connectivity index (χ2n) is 4.11. The van der Waals surface area contributed by atoms with Crippen molar-refractivity contribution >= 4 is 11.3 Å². The van der Waals surface area contributed by atoms with Gasteiger partial charge in [-0.1, -0.05) is 6.92 Å². The Morgan fingerprint density at radius 3 is 3.00 bits per heavy atom. The van der Waals surface area contributed by atoms with Crippen LogP contribution in [0, 0.1) is 5.92 Å². The molecule has 0 fully saturated rings. The zero-order valence-corrected chi connectivity index (χ0v) is 9.31. The van der Waals surface area contributed by atoms with Crippen LogP contribution >= 0.6 is 11.3 Å². The van der Waals surface area contributed by atoms with Gasteiger partial charge in [-0.05, 0) is 43.4 Å². The van der Waals surface area contributed by atoms with Crippen molar-refractivity contribution < 1.29 is 5.11 Å². The maximum Gasteiger partial charge on any atom is 0.0919 e. The number of fused-ring (bicyclic) bond motifs is 1. The van der Waals surface area contributed by atoms with Gasteiger partial charge in [-0.2, -0.15) is 0 Å². The van der Waals surface area contributed by atoms with Gasteiger partial charge in [0.2, 0.25) is 0 Å². The molecule has 0 radical (unpaired) electrons. The number of hydrogen-bond donors (Lipinski definition) is 2. The summed E-state index contributed by atoms with van der Waals surface area (Å²) in [5, 5.41) is 9.98. The molecule has 2 rings (SSSR count). The fourth-order valence-corrected chi connectivity index (χ4v) is 3.28. The van der Waals surface area contributed by atoms with E-state index in [1.807, 2.05) is 6.92 Å². The SMILES string of the molecule is CC(CN)C(O)c1cc2c(s1)CCC2. The van der Waals surface area contributed by atoms with Gasteiger partial charge in [0, 0.05) is 9.75 Å². The molecule has 3 N–H and O–H groups in total. The van der Waals surface area contributed by atoms with E-state index < -0.39 is 0 Å². The predicted octanol–water partition coefficient (Wildman–Crippen LogP) is 1.87. The van der Waals surface area contributed by atoms with Gasteiger partial charge in [-0.25, -0.2) is 0 Å². The molecule has 2 nitrogen and oxygen atoms in total. The zero-order valence-electron chi connectivity index (χ0n) is 8.49. The van der Waals surface area contributed by atoms with Gasteiger partial charge in [0.25, 0.3) is 0 Å². The topological polar surface area (TPSA) is 46.2 Å². The van der Waals surface area contributed by atoms with Crippen molar-refractivity contribution in [3.05, 3.63) is 21.4 Å². The van der Waals surface area contributed by atoms with Crippen LogP contribution in [0.1, 0.15) is 34.8 Å². The first-order valence-corrected chi connectivity index (χ1v) is 6.03. The van der Waals surface area contributed by atoms with E-state index in [1.54, 1.807) is 11.3 Å². The Kier molecular flexibility index (Phi) is 2.91. The lowest BCUT2D eigenvalue weighted by atomic mass is 10.0. The molecule has 2 atom stereocenters. The Labute approximate surface area is 88.8 Å². The second-order valence-corrected chi connectivity index (χ2v) is 5.28. The molecule has 1 aliphatic rings. The molecule has 2 unspecified atom stereocenters. The summed E-state index contributed by atoms with van der Waals surface area (Å²) in [4.78, 5) is 2.58. The Morgan fingerprint density at radius 1 is 1.57 bits per heavy atom. The minimum atomic E-state index is -0.365. The molecule has 0 spiro atoms. The Balaban J connectivity index is 2.17. The fourth-order valence-electron chi connectivity index (χ4n) is 1.91. The highest BCUT2D eigenvalue weighted by Crippen LogP contribution is 2.35. The van der Waals surface area contributed by atoms with Crippen molar-refractivity contribution in [1.82, 2.24) is 0 Å². The summed E-state index contributed by atoms with van der Waals surface area (Å²) in [6.45, 7) is 2.54. The van der Waals surface area contributed by atoms with Gasteiger partial charge in [-0.3, -0.25) is 0 Å². The third kappa shape index (κ3) is 1.72. The van der Waals surface area contributed by atoms with E-state index >= 15 is 0 Å². The minimum absolute atomic E-state index is 0.161. The molecular formula is C11H17NOS. The largest absolute Gasteiger partial charge is 0.387 e. The van der Waals surface area contributed by atoms with Crippen molar-refractivity contribution in [3.8, 4) is 0 Å². The van der Waals surface area contributed by atoms with E-state index in [0.29, 0.717) is 6.54 Å². The van der Waals surface area contributed by atoms with Crippen molar-refractivity contribution in [1.29, 1.82) is 0 Å². The van der Waals surface area contributed by atoms with Crippen molar-refractivity contribution in [2.45, 2.75) is 32.3 Å². The maximum atomic E-state index is 9.98. The third-order valence-corrected chi connectivity index (χ3v) is 4.28. The molecule has 0 saturated heterocycles. The van der Waals surface area contributed by atoms with E-state index in [1.165, 1.54) is 29.7 Å². The van der Waals surface area contributed by atoms with Gasteiger partial charge in [0.05, 0.1) is 6.10 Å². The lowest BCUT2D eigenvalue weighted by Crippen LogP contribution is -2.18. The number of nitrogens with two attached hydrogens (primary N) is 1. The van der Waals surface area contributed by atoms with Crippen molar-refractivity contribution in [2.75, 3.05) is 6.54 Å². The van der Waals surface area contributed by atoms with Crippen LogP contribution in [0.3, 0.4) is 0 Å². The monoisotopic (exact) mass is 211 g/mol. The number of aryl methyl sites for hydroxylation is 2. The Morgan fingerprint density at radius 2 is 2.36 bits per heavy atom. The zero-order chi connectivity index (χ0) is 10.1. The molecule has 0 saturated carbocycles. The van der Waals surface area contributed by atoms with Crippen LogP contribution < -0.4 is 5.73 Å². The molecule has 1 heterocycles. The summed E-state index contributed by atoms with van der Waals surface area (Å²) >= 11 is 1.77. The standard InChI is InChI=1S/C11H17NOS/c1-7(6-12)11(13)10-5-8-3-2-4-9(8)14-10/h5,7,11,13H,2-4,6,12H2,1H3. The molecular weight excluding hydrogens is 194 g/mol. The fraction of sp³-hybridized carbons (Fsp3) is 0.636. The van der Waals surface area contributed by atoms with Gasteiger partial charge >= 0.3 is 0 Å². The van der Waals surface area contributed by atoms with Gasteiger partial charge in [0.1, 0.15) is 0 Å². The van der Waals surface area contributed by atoms with Gasteiger partial charge < -0.3 is 10.8 Å². The summed E-state index contributed by atoms with van der Waals surface area (Å²) in [6, 6.07) is 2.17. The van der Waals surface area contributed by atoms with E-state index in [4.69, 9.17) is 5.73 Å². The van der Waals surface area contributed by atoms with Crippen molar-refractivity contribution in [2.24, 2.45) is 11.7 Å². The summed E-state index contributed by atoms with van der Waals surface area (Å²) in [6.07, 6.45) is 3.30. The number of rotatable bonds is 3. The van der Waals surface area contributed by atoms with E-state index in [0.717, 1.165) is 4.88 Å². The molecule has 14 heavy (non-hydrogen) atoms. The highest BCUT2D eigenvalue weighted by atomic mass is 32.1. The van der Waals surface area contributed by atoms with Crippen LogP contribution in [0.25, 0.3) is 0 Å². The van der Waals surface area contributed by atoms with E-state index in [2.05, 4.69) is 6.07 Å². The molecule has 78 valence electrons. The van der Waals surface area contributed by atoms with Crippen LogP contribution in [-0.2, 0) is 12.8 Å².